The van der Waals surface area contributed by atoms with Gasteiger partial charge in [0, 0.05) is 24.7 Å². The van der Waals surface area contributed by atoms with Crippen LogP contribution in [0.1, 0.15) is 25.2 Å². The smallest absolute Gasteiger partial charge is 0.249 e. The molecule has 100 valence electrons. The van der Waals surface area contributed by atoms with Crippen molar-refractivity contribution < 1.29 is 4.42 Å². The van der Waals surface area contributed by atoms with E-state index < -0.39 is 0 Å². The lowest BCUT2D eigenvalue weighted by molar-refractivity contribution is 0.533. The van der Waals surface area contributed by atoms with E-state index in [0.717, 1.165) is 30.5 Å². The summed E-state index contributed by atoms with van der Waals surface area (Å²) < 4.78 is 5.51. The summed E-state index contributed by atoms with van der Waals surface area (Å²) in [5, 5.41) is 11.5. The number of hydrogen-bond acceptors (Lipinski definition) is 5. The molecule has 0 spiro atoms. The number of nitrogens with one attached hydrogen (secondary N) is 1. The van der Waals surface area contributed by atoms with E-state index >= 15 is 0 Å². The Labute approximate surface area is 112 Å². The minimum Gasteiger partial charge on any atom is -0.421 e. The molecule has 3 rings (SSSR count). The Hall–Kier alpha value is -1.88. The summed E-state index contributed by atoms with van der Waals surface area (Å²) in [4.78, 5) is 0. The van der Waals surface area contributed by atoms with Gasteiger partial charge in [0.25, 0.3) is 0 Å². The second kappa shape index (κ2) is 5.01. The quantitative estimate of drug-likeness (QED) is 0.883. The molecule has 2 unspecified atom stereocenters. The number of benzene rings is 1. The number of nitrogens with zero attached hydrogens (tertiary/aromatic N) is 2. The minimum absolute atomic E-state index is 0.315. The van der Waals surface area contributed by atoms with Crippen molar-refractivity contribution >= 4 is 5.69 Å². The molecule has 1 saturated carbocycles. The molecule has 1 aromatic heterocycles. The molecule has 5 nitrogen and oxygen atoms in total. The van der Waals surface area contributed by atoms with Gasteiger partial charge in [-0.15, -0.1) is 10.2 Å². The van der Waals surface area contributed by atoms with Crippen molar-refractivity contribution in [2.24, 2.45) is 5.73 Å². The predicted molar refractivity (Wildman–Crippen MR) is 73.7 cm³/mol. The highest BCUT2D eigenvalue weighted by molar-refractivity contribution is 5.72. The Morgan fingerprint density at radius 2 is 2.11 bits per heavy atom. The fourth-order valence-corrected chi connectivity index (χ4v) is 2.57. The average molecular weight is 258 g/mol. The highest BCUT2D eigenvalue weighted by Gasteiger charge is 2.22. The number of hydrogen-bond donors (Lipinski definition) is 2. The van der Waals surface area contributed by atoms with Crippen molar-refractivity contribution in [3.8, 4) is 11.5 Å². The standard InChI is InChI=1S/C14H18N4O/c1-9-17-18-14(19-9)12-4-2-3-5-13(12)16-11-7-6-10(15)8-11/h2-5,10-11,16H,6-8,15H2,1H3. The lowest BCUT2D eigenvalue weighted by Crippen LogP contribution is -2.21. The van der Waals surface area contributed by atoms with Gasteiger partial charge in [0.2, 0.25) is 11.8 Å². The number of nitrogens with two attached hydrogens (primary N) is 1. The first kappa shape index (κ1) is 12.2. The molecule has 5 heteroatoms. The molecule has 1 aliphatic carbocycles. The number of aryl methyl sites for hydroxylation is 1. The van der Waals surface area contributed by atoms with Crippen molar-refractivity contribution in [1.29, 1.82) is 0 Å². The van der Waals surface area contributed by atoms with Crippen LogP contribution in [-0.4, -0.2) is 22.3 Å². The minimum atomic E-state index is 0.315. The number of anilines is 1. The van der Waals surface area contributed by atoms with Crippen LogP contribution in [0.5, 0.6) is 0 Å². The second-order valence-electron chi connectivity index (χ2n) is 5.09. The predicted octanol–water partition coefficient (Wildman–Crippen LogP) is 2.34. The first-order chi connectivity index (χ1) is 9.22. The lowest BCUT2D eigenvalue weighted by Gasteiger charge is -2.15. The van der Waals surface area contributed by atoms with Gasteiger partial charge < -0.3 is 15.5 Å². The second-order valence-corrected chi connectivity index (χ2v) is 5.09. The molecule has 2 atom stereocenters. The van der Waals surface area contributed by atoms with E-state index in [-0.39, 0.29) is 0 Å². The Bertz CT molecular complexity index is 566. The van der Waals surface area contributed by atoms with Crippen LogP contribution in [-0.2, 0) is 0 Å². The maximum atomic E-state index is 5.95. The van der Waals surface area contributed by atoms with Crippen molar-refractivity contribution in [2.75, 3.05) is 5.32 Å². The van der Waals surface area contributed by atoms with Crippen LogP contribution in [0.25, 0.3) is 11.5 Å². The van der Waals surface area contributed by atoms with E-state index in [4.69, 9.17) is 10.2 Å². The molecule has 3 N–H and O–H groups in total. The Morgan fingerprint density at radius 1 is 1.26 bits per heavy atom. The highest BCUT2D eigenvalue weighted by atomic mass is 16.4. The van der Waals surface area contributed by atoms with Gasteiger partial charge in [0.05, 0.1) is 5.56 Å². The van der Waals surface area contributed by atoms with Crippen LogP contribution in [0.4, 0.5) is 5.69 Å². The zero-order chi connectivity index (χ0) is 13.2. The van der Waals surface area contributed by atoms with Crippen LogP contribution >= 0.6 is 0 Å². The average Bonchev–Trinajstić information content (AvgIpc) is 2.99. The molecule has 1 fully saturated rings. The molecule has 1 heterocycles. The van der Waals surface area contributed by atoms with Gasteiger partial charge in [0.15, 0.2) is 0 Å². The van der Waals surface area contributed by atoms with Gasteiger partial charge >= 0.3 is 0 Å². The maximum absolute atomic E-state index is 5.95. The third-order valence-electron chi connectivity index (χ3n) is 3.52. The summed E-state index contributed by atoms with van der Waals surface area (Å²) in [6.45, 7) is 1.79. The zero-order valence-electron chi connectivity index (χ0n) is 11.0. The van der Waals surface area contributed by atoms with Crippen LogP contribution in [0.2, 0.25) is 0 Å². The Balaban J connectivity index is 1.85. The van der Waals surface area contributed by atoms with Crippen LogP contribution in [0, 0.1) is 6.92 Å². The number of rotatable bonds is 3. The molecule has 0 bridgehead atoms. The summed E-state index contributed by atoms with van der Waals surface area (Å²) in [6, 6.07) is 8.75. The van der Waals surface area contributed by atoms with Crippen LogP contribution < -0.4 is 11.1 Å². The molecule has 2 aromatic rings. The monoisotopic (exact) mass is 258 g/mol. The SMILES string of the molecule is Cc1nnc(-c2ccccc2NC2CCC(N)C2)o1. The molecule has 0 amide bonds. The van der Waals surface area contributed by atoms with Crippen LogP contribution in [0.3, 0.4) is 0 Å². The van der Waals surface area contributed by atoms with Gasteiger partial charge in [-0.05, 0) is 31.4 Å². The maximum Gasteiger partial charge on any atom is 0.249 e. The van der Waals surface area contributed by atoms with Gasteiger partial charge in [-0.3, -0.25) is 0 Å². The largest absolute Gasteiger partial charge is 0.421 e. The van der Waals surface area contributed by atoms with E-state index in [9.17, 15) is 0 Å². The van der Waals surface area contributed by atoms with Crippen LogP contribution in [0.15, 0.2) is 28.7 Å². The molecule has 0 aliphatic heterocycles. The van der Waals surface area contributed by atoms with E-state index in [0.29, 0.717) is 23.9 Å². The fourth-order valence-electron chi connectivity index (χ4n) is 2.57. The Kier molecular flexibility index (Phi) is 3.21. The summed E-state index contributed by atoms with van der Waals surface area (Å²) in [7, 11) is 0. The molecule has 0 saturated heterocycles. The summed E-state index contributed by atoms with van der Waals surface area (Å²) in [6.07, 6.45) is 3.20. The molecule has 1 aromatic carbocycles. The number of para-hydroxylation sites is 1. The highest BCUT2D eigenvalue weighted by Crippen LogP contribution is 2.29. The summed E-state index contributed by atoms with van der Waals surface area (Å²) in [5.74, 6) is 1.13. The van der Waals surface area contributed by atoms with Crippen molar-refractivity contribution in [1.82, 2.24) is 10.2 Å². The van der Waals surface area contributed by atoms with E-state index in [1.54, 1.807) is 6.92 Å². The normalized spacial score (nSPS) is 22.6. The van der Waals surface area contributed by atoms with Gasteiger partial charge in [-0.2, -0.15) is 0 Å². The third-order valence-corrected chi connectivity index (χ3v) is 3.52. The van der Waals surface area contributed by atoms with E-state index in [2.05, 4.69) is 15.5 Å². The van der Waals surface area contributed by atoms with E-state index in [1.807, 2.05) is 24.3 Å². The van der Waals surface area contributed by atoms with E-state index in [1.165, 1.54) is 0 Å². The Morgan fingerprint density at radius 3 is 2.79 bits per heavy atom. The van der Waals surface area contributed by atoms with Gasteiger partial charge in [-0.25, -0.2) is 0 Å². The summed E-state index contributed by atoms with van der Waals surface area (Å²) >= 11 is 0. The molecule has 0 radical (unpaired) electrons. The van der Waals surface area contributed by atoms with Crippen molar-refractivity contribution in [3.63, 3.8) is 0 Å². The molecular formula is C14H18N4O. The van der Waals surface area contributed by atoms with Crippen molar-refractivity contribution in [3.05, 3.63) is 30.2 Å². The lowest BCUT2D eigenvalue weighted by atomic mass is 10.1. The fraction of sp³-hybridized carbons (Fsp3) is 0.429. The summed E-state index contributed by atoms with van der Waals surface area (Å²) in [5.41, 5.74) is 7.93. The molecule has 19 heavy (non-hydrogen) atoms. The zero-order valence-corrected chi connectivity index (χ0v) is 11.0. The van der Waals surface area contributed by atoms with Gasteiger partial charge in [0.1, 0.15) is 0 Å². The number of aromatic nitrogens is 2. The topological polar surface area (TPSA) is 77.0 Å². The van der Waals surface area contributed by atoms with Gasteiger partial charge in [-0.1, -0.05) is 12.1 Å². The molecular weight excluding hydrogens is 240 g/mol. The third kappa shape index (κ3) is 2.61. The van der Waals surface area contributed by atoms with Crippen molar-refractivity contribution in [2.45, 2.75) is 38.3 Å². The first-order valence-corrected chi connectivity index (χ1v) is 6.64. The molecule has 1 aliphatic rings. The first-order valence-electron chi connectivity index (χ1n) is 6.64.